The number of carbonyl (C=O) groups excluding carboxylic acids is 3. The number of ether oxygens (including phenoxy) is 4. The molecule has 2 aliphatic rings. The highest BCUT2D eigenvalue weighted by Gasteiger charge is 2.48. The van der Waals surface area contributed by atoms with Gasteiger partial charge in [0, 0.05) is 31.6 Å². The first-order valence-corrected chi connectivity index (χ1v) is 19.3. The van der Waals surface area contributed by atoms with Crippen LogP contribution in [-0.2, 0) is 49.8 Å². The third-order valence-electron chi connectivity index (χ3n) is 9.06. The molecule has 0 radical (unpaired) electrons. The van der Waals surface area contributed by atoms with Crippen molar-refractivity contribution in [2.24, 2.45) is 5.92 Å². The van der Waals surface area contributed by atoms with E-state index in [0.29, 0.717) is 49.0 Å². The minimum atomic E-state index is -3.26. The molecule has 3 aromatic rings. The van der Waals surface area contributed by atoms with Crippen LogP contribution in [0.25, 0.3) is 0 Å². The van der Waals surface area contributed by atoms with E-state index < -0.39 is 51.2 Å². The van der Waals surface area contributed by atoms with Crippen LogP contribution in [0, 0.1) is 23.6 Å². The van der Waals surface area contributed by atoms with Crippen molar-refractivity contribution >= 4 is 33.6 Å². The van der Waals surface area contributed by atoms with Gasteiger partial charge in [0.05, 0.1) is 18.2 Å². The third-order valence-corrected chi connectivity index (χ3v) is 9.79. The van der Waals surface area contributed by atoms with Crippen molar-refractivity contribution in [2.75, 3.05) is 30.9 Å². The molecule has 2 heterocycles. The van der Waals surface area contributed by atoms with Gasteiger partial charge in [-0.15, -0.1) is 0 Å². The van der Waals surface area contributed by atoms with Crippen molar-refractivity contribution in [1.29, 1.82) is 0 Å². The van der Waals surface area contributed by atoms with Gasteiger partial charge in [0.15, 0.2) is 5.79 Å². The SMILES string of the molecule is CC(=O)OC(CC[C@H]1C(=O)N(c2ccc(CCCNS(C)(=O)=O)cc2)[C@@H]1c1ccc(C#CC2(OC(C)=O)COC(C)(C)OC2)cc1)c1ccc(F)cc1. The number of aryl methyl sites for hydroxylation is 1. The van der Waals surface area contributed by atoms with Crippen LogP contribution in [0.15, 0.2) is 72.8 Å². The highest BCUT2D eigenvalue weighted by Crippen LogP contribution is 2.46. The van der Waals surface area contributed by atoms with Crippen molar-refractivity contribution in [3.63, 3.8) is 0 Å². The molecule has 11 nitrogen and oxygen atoms in total. The molecular weight excluding hydrogens is 704 g/mol. The number of carbonyl (C=O) groups is 3. The molecule has 1 unspecified atom stereocenters. The lowest BCUT2D eigenvalue weighted by Gasteiger charge is -2.48. The number of nitrogens with zero attached hydrogens (tertiary/aromatic N) is 1. The number of benzene rings is 3. The Balaban J connectivity index is 1.38. The number of hydrogen-bond donors (Lipinski definition) is 1. The second-order valence-corrected chi connectivity index (χ2v) is 15.7. The molecule has 2 fully saturated rings. The van der Waals surface area contributed by atoms with Crippen LogP contribution >= 0.6 is 0 Å². The number of anilines is 1. The zero-order valence-electron chi connectivity index (χ0n) is 30.5. The molecule has 0 bridgehead atoms. The number of hydrogen-bond acceptors (Lipinski definition) is 9. The first-order chi connectivity index (χ1) is 25.0. The summed E-state index contributed by atoms with van der Waals surface area (Å²) in [5.74, 6) is 3.37. The minimum Gasteiger partial charge on any atom is -0.458 e. The molecule has 53 heavy (non-hydrogen) atoms. The Hall–Kier alpha value is -4.61. The van der Waals surface area contributed by atoms with Crippen LogP contribution in [0.3, 0.4) is 0 Å². The van der Waals surface area contributed by atoms with E-state index in [2.05, 4.69) is 16.6 Å². The predicted molar refractivity (Wildman–Crippen MR) is 195 cm³/mol. The standard InChI is InChI=1S/C40H45FN2O9S/c1-27(44)51-36(31-14-16-33(41)17-15-31)21-20-35-37(43(38(35)46)34-18-10-29(11-19-34)7-6-24-42-53(5,47)48)32-12-8-30(9-13-32)22-23-40(52-28(2)45)25-49-39(3,4)50-26-40/h8-19,35-37,42H,6-7,20-21,24-26H2,1-5H3/t35-,36?,37-/m1/s1. The van der Waals surface area contributed by atoms with Gasteiger partial charge in [-0.1, -0.05) is 42.3 Å². The van der Waals surface area contributed by atoms with Gasteiger partial charge in [0.25, 0.3) is 0 Å². The molecule has 0 aromatic heterocycles. The fraction of sp³-hybridized carbons (Fsp3) is 0.425. The maximum Gasteiger partial charge on any atom is 0.304 e. The molecule has 282 valence electrons. The summed E-state index contributed by atoms with van der Waals surface area (Å²) in [5, 5.41) is 0. The number of β-lactam (4-membered cyclic amide) rings is 1. The third kappa shape index (κ3) is 10.7. The normalized spacial score (nSPS) is 19.7. The molecule has 3 atom stereocenters. The Morgan fingerprint density at radius 3 is 2.21 bits per heavy atom. The van der Waals surface area contributed by atoms with Gasteiger partial charge in [-0.05, 0) is 98.5 Å². The molecule has 5 rings (SSSR count). The predicted octanol–water partition coefficient (Wildman–Crippen LogP) is 5.53. The zero-order chi connectivity index (χ0) is 38.4. The summed E-state index contributed by atoms with van der Waals surface area (Å²) in [5.41, 5.74) is 2.59. The zero-order valence-corrected chi connectivity index (χ0v) is 31.3. The summed E-state index contributed by atoms with van der Waals surface area (Å²) < 4.78 is 61.6. The summed E-state index contributed by atoms with van der Waals surface area (Å²) >= 11 is 0. The summed E-state index contributed by atoms with van der Waals surface area (Å²) in [4.78, 5) is 39.5. The maximum absolute atomic E-state index is 13.9. The van der Waals surface area contributed by atoms with E-state index in [-0.39, 0.29) is 25.2 Å². The number of sulfonamides is 1. The Kier molecular flexibility index (Phi) is 12.4. The van der Waals surface area contributed by atoms with Crippen LogP contribution in [0.2, 0.25) is 0 Å². The quantitative estimate of drug-likeness (QED) is 0.104. The van der Waals surface area contributed by atoms with E-state index in [4.69, 9.17) is 18.9 Å². The first kappa shape index (κ1) is 39.6. The molecule has 0 saturated carbocycles. The van der Waals surface area contributed by atoms with E-state index in [9.17, 15) is 27.2 Å². The van der Waals surface area contributed by atoms with Gasteiger partial charge in [-0.3, -0.25) is 14.4 Å². The highest BCUT2D eigenvalue weighted by molar-refractivity contribution is 7.88. The smallest absolute Gasteiger partial charge is 0.304 e. The highest BCUT2D eigenvalue weighted by atomic mass is 32.2. The van der Waals surface area contributed by atoms with Crippen molar-refractivity contribution in [1.82, 2.24) is 4.72 Å². The Morgan fingerprint density at radius 1 is 0.981 bits per heavy atom. The molecule has 0 spiro atoms. The molecule has 0 aliphatic carbocycles. The van der Waals surface area contributed by atoms with Gasteiger partial charge in [-0.25, -0.2) is 17.5 Å². The Morgan fingerprint density at radius 2 is 1.62 bits per heavy atom. The molecule has 1 amide bonds. The Bertz CT molecular complexity index is 1940. The van der Waals surface area contributed by atoms with E-state index in [0.717, 1.165) is 17.4 Å². The van der Waals surface area contributed by atoms with E-state index >= 15 is 0 Å². The summed E-state index contributed by atoms with van der Waals surface area (Å²) in [6, 6.07) is 20.5. The lowest BCUT2D eigenvalue weighted by atomic mass is 9.78. The minimum absolute atomic E-state index is 0.0497. The van der Waals surface area contributed by atoms with Crippen molar-refractivity contribution < 1.29 is 46.1 Å². The summed E-state index contributed by atoms with van der Waals surface area (Å²) in [7, 11) is -3.26. The lowest BCUT2D eigenvalue weighted by Crippen LogP contribution is -2.55. The van der Waals surface area contributed by atoms with Gasteiger partial charge >= 0.3 is 11.9 Å². The van der Waals surface area contributed by atoms with Crippen molar-refractivity contribution in [3.05, 3.63) is 101 Å². The molecule has 3 aromatic carbocycles. The summed E-state index contributed by atoms with van der Waals surface area (Å²) in [6.45, 7) is 6.59. The number of nitrogens with one attached hydrogen (secondary N) is 1. The second-order valence-electron chi connectivity index (χ2n) is 13.9. The lowest BCUT2D eigenvalue weighted by molar-refractivity contribution is -0.291. The molecule has 2 aliphatic heterocycles. The number of esters is 2. The molecule has 1 N–H and O–H groups in total. The fourth-order valence-corrected chi connectivity index (χ4v) is 6.94. The van der Waals surface area contributed by atoms with Crippen LogP contribution in [0.4, 0.5) is 10.1 Å². The van der Waals surface area contributed by atoms with Crippen LogP contribution in [-0.4, -0.2) is 63.7 Å². The second kappa shape index (κ2) is 16.6. The van der Waals surface area contributed by atoms with E-state index in [1.165, 1.54) is 26.0 Å². The molecular formula is C40H45FN2O9S. The van der Waals surface area contributed by atoms with Gasteiger partial charge in [0.2, 0.25) is 21.5 Å². The average Bonchev–Trinajstić information content (AvgIpc) is 3.09. The fourth-order valence-electron chi connectivity index (χ4n) is 6.42. The number of amides is 1. The Labute approximate surface area is 310 Å². The largest absolute Gasteiger partial charge is 0.458 e. The van der Waals surface area contributed by atoms with Crippen molar-refractivity contribution in [3.8, 4) is 11.8 Å². The van der Waals surface area contributed by atoms with E-state index in [1.54, 1.807) is 30.9 Å². The van der Waals surface area contributed by atoms with Gasteiger partial charge < -0.3 is 23.8 Å². The molecule has 13 heteroatoms. The van der Waals surface area contributed by atoms with Crippen molar-refractivity contribution in [2.45, 2.75) is 76.9 Å². The molecule has 2 saturated heterocycles. The average molecular weight is 749 g/mol. The van der Waals surface area contributed by atoms with Gasteiger partial charge in [0.1, 0.15) is 25.1 Å². The monoisotopic (exact) mass is 748 g/mol. The topological polar surface area (TPSA) is 138 Å². The number of rotatable bonds is 13. The van der Waals surface area contributed by atoms with Crippen LogP contribution < -0.4 is 9.62 Å². The van der Waals surface area contributed by atoms with Crippen LogP contribution in [0.1, 0.15) is 81.4 Å². The summed E-state index contributed by atoms with van der Waals surface area (Å²) in [6.07, 6.45) is 2.47. The van der Waals surface area contributed by atoms with E-state index in [1.807, 2.05) is 48.5 Å². The first-order valence-electron chi connectivity index (χ1n) is 17.4. The van der Waals surface area contributed by atoms with Gasteiger partial charge in [-0.2, -0.15) is 0 Å². The number of halogens is 1. The maximum atomic E-state index is 13.9. The van der Waals surface area contributed by atoms with Crippen LogP contribution in [0.5, 0.6) is 0 Å².